The van der Waals surface area contributed by atoms with Crippen molar-refractivity contribution in [1.82, 2.24) is 0 Å². The van der Waals surface area contributed by atoms with E-state index in [4.69, 9.17) is 0 Å². The molecule has 0 aliphatic heterocycles. The van der Waals surface area contributed by atoms with Crippen LogP contribution >= 0.6 is 0 Å². The molecular formula is C60H96O4Ti. The third-order valence-electron chi connectivity index (χ3n) is 12.2. The van der Waals surface area contributed by atoms with Gasteiger partial charge in [-0.05, 0) is 97.9 Å². The Morgan fingerprint density at radius 3 is 0.554 bits per heavy atom. The Labute approximate surface area is 415 Å². The van der Waals surface area contributed by atoms with Gasteiger partial charge in [0.25, 0.3) is 0 Å². The van der Waals surface area contributed by atoms with Gasteiger partial charge in [-0.25, -0.2) is 0 Å². The van der Waals surface area contributed by atoms with Gasteiger partial charge >= 0.3 is 0 Å². The van der Waals surface area contributed by atoms with E-state index in [-0.39, 0.29) is 21.7 Å². The van der Waals surface area contributed by atoms with Crippen molar-refractivity contribution in [3.05, 3.63) is 119 Å². The first-order valence-corrected chi connectivity index (χ1v) is 26.4. The molecule has 0 amide bonds. The summed E-state index contributed by atoms with van der Waals surface area (Å²) in [6, 6.07) is 30.7. The number of rotatable bonds is 32. The summed E-state index contributed by atoms with van der Waals surface area (Å²) < 4.78 is 0. The van der Waals surface area contributed by atoms with E-state index in [9.17, 15) is 20.4 Å². The summed E-state index contributed by atoms with van der Waals surface area (Å²) in [4.78, 5) is 0. The molecule has 0 fully saturated rings. The van der Waals surface area contributed by atoms with Crippen LogP contribution < -0.4 is 0 Å². The molecule has 0 aliphatic rings. The minimum absolute atomic E-state index is 0. The Morgan fingerprint density at radius 1 is 0.231 bits per heavy atom. The van der Waals surface area contributed by atoms with Gasteiger partial charge in [0.1, 0.15) is 23.0 Å². The SMILES string of the molecule is CCCCCCCCCc1ccccc1O.CCCCCCCCCc1ccccc1O.CCCCCCCCCc1ccccc1O.CCCCCCCCCc1ccccc1O.[Ti]. The van der Waals surface area contributed by atoms with Crippen LogP contribution in [0.15, 0.2) is 97.1 Å². The van der Waals surface area contributed by atoms with E-state index in [0.29, 0.717) is 23.0 Å². The van der Waals surface area contributed by atoms with Gasteiger partial charge in [-0.15, -0.1) is 0 Å². The van der Waals surface area contributed by atoms with Crippen LogP contribution in [-0.4, -0.2) is 20.4 Å². The summed E-state index contributed by atoms with van der Waals surface area (Å²) in [7, 11) is 0. The van der Waals surface area contributed by atoms with Gasteiger partial charge in [-0.1, -0.05) is 255 Å². The zero-order valence-corrected chi connectivity index (χ0v) is 43.7. The zero-order chi connectivity index (χ0) is 46.6. The number of hydrogen-bond acceptors (Lipinski definition) is 4. The first-order valence-electron chi connectivity index (χ1n) is 26.4. The molecule has 4 rings (SSSR count). The molecule has 0 atom stereocenters. The van der Waals surface area contributed by atoms with Gasteiger partial charge in [0.15, 0.2) is 0 Å². The van der Waals surface area contributed by atoms with Gasteiger partial charge in [0.2, 0.25) is 0 Å². The summed E-state index contributed by atoms with van der Waals surface area (Å²) in [5.74, 6) is 1.81. The first-order chi connectivity index (χ1) is 31.4. The molecule has 0 bridgehead atoms. The Kier molecular flexibility index (Phi) is 43.7. The molecule has 4 aromatic rings. The van der Waals surface area contributed by atoms with E-state index in [1.165, 1.54) is 180 Å². The second kappa shape index (κ2) is 45.9. The third kappa shape index (κ3) is 35.6. The van der Waals surface area contributed by atoms with E-state index in [1.807, 2.05) is 72.8 Å². The normalized spacial score (nSPS) is 10.4. The number of phenolic OH excluding ortho intramolecular Hbond substituents is 4. The number of benzene rings is 4. The van der Waals surface area contributed by atoms with E-state index in [0.717, 1.165) is 47.9 Å². The predicted octanol–water partition coefficient (Wildman–Crippen LogP) is 18.7. The molecule has 0 saturated carbocycles. The van der Waals surface area contributed by atoms with Gasteiger partial charge in [-0.2, -0.15) is 0 Å². The van der Waals surface area contributed by atoms with Crippen molar-refractivity contribution in [3.8, 4) is 23.0 Å². The average Bonchev–Trinajstić information content (AvgIpc) is 3.31. The molecule has 4 nitrogen and oxygen atoms in total. The summed E-state index contributed by atoms with van der Waals surface area (Å²) in [6.45, 7) is 8.99. The summed E-state index contributed by atoms with van der Waals surface area (Å²) in [6.07, 6.45) is 41.1. The molecule has 5 heteroatoms. The van der Waals surface area contributed by atoms with Crippen molar-refractivity contribution in [3.63, 3.8) is 0 Å². The van der Waals surface area contributed by atoms with Gasteiger partial charge in [-0.3, -0.25) is 0 Å². The standard InChI is InChI=1S/4C15H24O.Ti/c4*1-2-3-4-5-6-7-8-11-14-12-9-10-13-15(14)16;/h4*9-10,12-13,16H,2-8,11H2,1H3;. The molecule has 0 spiro atoms. The zero-order valence-electron chi connectivity index (χ0n) is 42.2. The number of aryl methyl sites for hydroxylation is 4. The molecule has 0 heterocycles. The van der Waals surface area contributed by atoms with E-state index in [1.54, 1.807) is 24.3 Å². The van der Waals surface area contributed by atoms with Crippen molar-refractivity contribution >= 4 is 0 Å². The Morgan fingerprint density at radius 2 is 0.385 bits per heavy atom. The van der Waals surface area contributed by atoms with Crippen LogP contribution in [0.3, 0.4) is 0 Å². The molecule has 0 radical (unpaired) electrons. The summed E-state index contributed by atoms with van der Waals surface area (Å²) >= 11 is 0. The molecule has 4 N–H and O–H groups in total. The van der Waals surface area contributed by atoms with E-state index < -0.39 is 0 Å². The van der Waals surface area contributed by atoms with Crippen LogP contribution in [0.4, 0.5) is 0 Å². The molecule has 0 saturated heterocycles. The number of unbranched alkanes of at least 4 members (excludes halogenated alkanes) is 24. The molecule has 0 aliphatic carbocycles. The molecule has 0 unspecified atom stereocenters. The van der Waals surface area contributed by atoms with E-state index in [2.05, 4.69) is 27.7 Å². The maximum atomic E-state index is 9.58. The minimum atomic E-state index is 0. The average molecular weight is 929 g/mol. The van der Waals surface area contributed by atoms with Gasteiger partial charge in [0.05, 0.1) is 0 Å². The van der Waals surface area contributed by atoms with Crippen LogP contribution in [0.1, 0.15) is 230 Å². The van der Waals surface area contributed by atoms with Crippen molar-refractivity contribution in [2.75, 3.05) is 0 Å². The maximum Gasteiger partial charge on any atom is 0.118 e. The van der Waals surface area contributed by atoms with Crippen LogP contribution in [-0.2, 0) is 47.4 Å². The first kappa shape index (κ1) is 61.8. The van der Waals surface area contributed by atoms with Crippen LogP contribution in [0, 0.1) is 0 Å². The smallest absolute Gasteiger partial charge is 0.118 e. The van der Waals surface area contributed by atoms with Crippen LogP contribution in [0.2, 0.25) is 0 Å². The largest absolute Gasteiger partial charge is 0.508 e. The predicted molar refractivity (Wildman–Crippen MR) is 279 cm³/mol. The number of phenols is 4. The minimum Gasteiger partial charge on any atom is -0.508 e. The second-order valence-corrected chi connectivity index (χ2v) is 18.0. The van der Waals surface area contributed by atoms with Crippen LogP contribution in [0.25, 0.3) is 0 Å². The second-order valence-electron chi connectivity index (χ2n) is 18.0. The summed E-state index contributed by atoms with van der Waals surface area (Å²) in [5.41, 5.74) is 4.37. The Bertz CT molecular complexity index is 1370. The van der Waals surface area contributed by atoms with Gasteiger partial charge in [0, 0.05) is 21.7 Å². The Balaban J connectivity index is 0.000000836. The fraction of sp³-hybridized carbons (Fsp3) is 0.600. The monoisotopic (exact) mass is 929 g/mol. The van der Waals surface area contributed by atoms with Crippen molar-refractivity contribution in [2.24, 2.45) is 0 Å². The molecular weight excluding hydrogens is 833 g/mol. The summed E-state index contributed by atoms with van der Waals surface area (Å²) in [5, 5.41) is 38.3. The van der Waals surface area contributed by atoms with Crippen molar-refractivity contribution in [2.45, 2.75) is 233 Å². The quantitative estimate of drug-likeness (QED) is 0.0291. The molecule has 4 aromatic carbocycles. The Hall–Kier alpha value is -3.21. The number of para-hydroxylation sites is 4. The third-order valence-corrected chi connectivity index (χ3v) is 12.2. The van der Waals surface area contributed by atoms with Gasteiger partial charge < -0.3 is 20.4 Å². The fourth-order valence-corrected chi connectivity index (χ4v) is 7.98. The van der Waals surface area contributed by atoms with E-state index >= 15 is 0 Å². The topological polar surface area (TPSA) is 80.9 Å². The fourth-order valence-electron chi connectivity index (χ4n) is 7.98. The van der Waals surface area contributed by atoms with Crippen molar-refractivity contribution in [1.29, 1.82) is 0 Å². The number of hydrogen-bond donors (Lipinski definition) is 4. The maximum absolute atomic E-state index is 9.58. The molecule has 65 heavy (non-hydrogen) atoms. The number of aromatic hydroxyl groups is 4. The molecule has 0 aromatic heterocycles. The molecule has 364 valence electrons. The van der Waals surface area contributed by atoms with Crippen molar-refractivity contribution < 1.29 is 42.1 Å². The van der Waals surface area contributed by atoms with Crippen LogP contribution in [0.5, 0.6) is 23.0 Å².